The summed E-state index contributed by atoms with van der Waals surface area (Å²) in [6.07, 6.45) is 1.08. The summed E-state index contributed by atoms with van der Waals surface area (Å²) >= 11 is 1.87. The summed E-state index contributed by atoms with van der Waals surface area (Å²) < 4.78 is 5.43. The van der Waals surface area contributed by atoms with Gasteiger partial charge in [0.05, 0.1) is 12.3 Å². The van der Waals surface area contributed by atoms with Gasteiger partial charge in [0.2, 0.25) is 0 Å². The van der Waals surface area contributed by atoms with Crippen molar-refractivity contribution >= 4 is 17.4 Å². The number of hydrogen-bond acceptors (Lipinski definition) is 3. The zero-order valence-corrected chi connectivity index (χ0v) is 8.49. The Kier molecular flexibility index (Phi) is 2.36. The van der Waals surface area contributed by atoms with E-state index in [1.54, 1.807) is 0 Å². The fraction of sp³-hybridized carbons (Fsp3) is 0.400. The summed E-state index contributed by atoms with van der Waals surface area (Å²) in [6.45, 7) is 2.65. The summed E-state index contributed by atoms with van der Waals surface area (Å²) in [5.74, 6) is 1.98. The van der Waals surface area contributed by atoms with Gasteiger partial charge in [-0.15, -0.1) is 11.8 Å². The fourth-order valence-corrected chi connectivity index (χ4v) is 2.64. The van der Waals surface area contributed by atoms with Crippen molar-refractivity contribution in [3.05, 3.63) is 17.7 Å². The van der Waals surface area contributed by atoms with Crippen molar-refractivity contribution in [2.45, 2.75) is 18.2 Å². The first-order valence-electron chi connectivity index (χ1n) is 4.50. The van der Waals surface area contributed by atoms with E-state index in [0.29, 0.717) is 6.61 Å². The van der Waals surface area contributed by atoms with Crippen LogP contribution in [0.5, 0.6) is 5.75 Å². The molecule has 13 heavy (non-hydrogen) atoms. The topological polar surface area (TPSA) is 35.2 Å². The number of hydrogen-bond donors (Lipinski definition) is 1. The van der Waals surface area contributed by atoms with Crippen molar-refractivity contribution < 1.29 is 4.74 Å². The maximum absolute atomic E-state index is 5.98. The Hall–Kier alpha value is -0.830. The largest absolute Gasteiger partial charge is 0.492 e. The van der Waals surface area contributed by atoms with Crippen molar-refractivity contribution in [2.24, 2.45) is 0 Å². The summed E-state index contributed by atoms with van der Waals surface area (Å²) in [4.78, 5) is 1.32. The molecule has 0 fully saturated rings. The molecule has 1 aliphatic rings. The maximum Gasteiger partial charge on any atom is 0.142 e. The van der Waals surface area contributed by atoms with Crippen LogP contribution >= 0.6 is 11.8 Å². The Balaban J connectivity index is 2.40. The number of thioether (sulfide) groups is 1. The number of nitrogens with two attached hydrogens (primary N) is 1. The summed E-state index contributed by atoms with van der Waals surface area (Å²) in [6, 6.07) is 4.07. The van der Waals surface area contributed by atoms with Crippen molar-refractivity contribution in [1.82, 2.24) is 0 Å². The molecule has 1 aromatic carbocycles. The molecule has 0 saturated carbocycles. The molecule has 2 nitrogen and oxygen atoms in total. The Bertz CT molecular complexity index is 325. The third kappa shape index (κ3) is 1.48. The van der Waals surface area contributed by atoms with Crippen molar-refractivity contribution in [3.63, 3.8) is 0 Å². The molecule has 0 spiro atoms. The number of ether oxygens (including phenoxy) is 1. The molecular weight excluding hydrogens is 182 g/mol. The highest BCUT2D eigenvalue weighted by Crippen LogP contribution is 2.39. The number of rotatable bonds is 2. The van der Waals surface area contributed by atoms with Crippen LogP contribution in [0.25, 0.3) is 0 Å². The highest BCUT2D eigenvalue weighted by atomic mass is 32.2. The predicted octanol–water partition coefficient (Wildman–Crippen LogP) is 2.32. The van der Waals surface area contributed by atoms with E-state index in [-0.39, 0.29) is 0 Å². The second-order valence-corrected chi connectivity index (χ2v) is 4.12. The smallest absolute Gasteiger partial charge is 0.142 e. The third-order valence-corrected chi connectivity index (χ3v) is 3.29. The van der Waals surface area contributed by atoms with Crippen LogP contribution in [0.15, 0.2) is 17.0 Å². The van der Waals surface area contributed by atoms with Crippen LogP contribution in [-0.2, 0) is 6.42 Å². The van der Waals surface area contributed by atoms with E-state index in [9.17, 15) is 0 Å². The molecule has 0 amide bonds. The molecule has 0 radical (unpaired) electrons. The first-order chi connectivity index (χ1) is 6.33. The van der Waals surface area contributed by atoms with Crippen LogP contribution < -0.4 is 10.5 Å². The van der Waals surface area contributed by atoms with Crippen LogP contribution in [0.2, 0.25) is 0 Å². The molecule has 0 atom stereocenters. The Morgan fingerprint density at radius 3 is 3.15 bits per heavy atom. The zero-order valence-electron chi connectivity index (χ0n) is 7.67. The molecule has 0 aromatic heterocycles. The number of fused-ring (bicyclic) bond motifs is 1. The molecule has 1 heterocycles. The van der Waals surface area contributed by atoms with Gasteiger partial charge in [-0.05, 0) is 31.0 Å². The van der Waals surface area contributed by atoms with Crippen LogP contribution in [-0.4, -0.2) is 12.4 Å². The van der Waals surface area contributed by atoms with Gasteiger partial charge in [0.25, 0.3) is 0 Å². The van der Waals surface area contributed by atoms with Gasteiger partial charge in [0.15, 0.2) is 0 Å². The van der Waals surface area contributed by atoms with E-state index in [1.165, 1.54) is 10.5 Å². The van der Waals surface area contributed by atoms with Gasteiger partial charge in [-0.2, -0.15) is 0 Å². The Labute approximate surface area is 82.5 Å². The Morgan fingerprint density at radius 1 is 1.54 bits per heavy atom. The van der Waals surface area contributed by atoms with Crippen molar-refractivity contribution in [1.29, 1.82) is 0 Å². The molecule has 70 valence electrons. The van der Waals surface area contributed by atoms with Gasteiger partial charge in [0.1, 0.15) is 5.75 Å². The van der Waals surface area contributed by atoms with E-state index in [0.717, 1.165) is 23.6 Å². The average Bonchev–Trinajstić information content (AvgIpc) is 2.58. The third-order valence-electron chi connectivity index (χ3n) is 2.18. The molecule has 1 aromatic rings. The molecule has 0 saturated heterocycles. The van der Waals surface area contributed by atoms with Gasteiger partial charge in [-0.3, -0.25) is 0 Å². The van der Waals surface area contributed by atoms with Crippen LogP contribution in [0.1, 0.15) is 12.5 Å². The van der Waals surface area contributed by atoms with E-state index >= 15 is 0 Å². The summed E-state index contributed by atoms with van der Waals surface area (Å²) in [5, 5.41) is 0. The van der Waals surface area contributed by atoms with Gasteiger partial charge < -0.3 is 10.5 Å². The lowest BCUT2D eigenvalue weighted by Gasteiger charge is -2.09. The predicted molar refractivity (Wildman–Crippen MR) is 56.5 cm³/mol. The zero-order chi connectivity index (χ0) is 9.26. The minimum Gasteiger partial charge on any atom is -0.492 e. The fourth-order valence-electron chi connectivity index (χ4n) is 1.56. The van der Waals surface area contributed by atoms with Crippen LogP contribution in [0.4, 0.5) is 5.69 Å². The molecule has 2 N–H and O–H groups in total. The minimum atomic E-state index is 0.677. The molecular formula is C10H13NOS. The monoisotopic (exact) mass is 195 g/mol. The lowest BCUT2D eigenvalue weighted by atomic mass is 10.1. The average molecular weight is 195 g/mol. The molecule has 0 aliphatic carbocycles. The quantitative estimate of drug-likeness (QED) is 0.735. The van der Waals surface area contributed by atoms with Crippen LogP contribution in [0, 0.1) is 0 Å². The van der Waals surface area contributed by atoms with Crippen molar-refractivity contribution in [2.75, 3.05) is 18.1 Å². The van der Waals surface area contributed by atoms with Gasteiger partial charge in [-0.1, -0.05) is 0 Å². The number of anilines is 1. The molecule has 2 rings (SSSR count). The van der Waals surface area contributed by atoms with E-state index < -0.39 is 0 Å². The molecule has 0 unspecified atom stereocenters. The lowest BCUT2D eigenvalue weighted by molar-refractivity contribution is 0.341. The van der Waals surface area contributed by atoms with Crippen molar-refractivity contribution in [3.8, 4) is 5.75 Å². The van der Waals surface area contributed by atoms with E-state index in [4.69, 9.17) is 10.5 Å². The highest BCUT2D eigenvalue weighted by molar-refractivity contribution is 7.99. The number of nitrogen functional groups attached to an aromatic ring is 1. The van der Waals surface area contributed by atoms with Gasteiger partial charge in [-0.25, -0.2) is 0 Å². The van der Waals surface area contributed by atoms with Crippen LogP contribution in [0.3, 0.4) is 0 Å². The summed E-state index contributed by atoms with van der Waals surface area (Å²) in [7, 11) is 0. The summed E-state index contributed by atoms with van der Waals surface area (Å²) in [5.41, 5.74) is 8.09. The second-order valence-electron chi connectivity index (χ2n) is 2.99. The normalized spacial score (nSPS) is 14.2. The molecule has 0 bridgehead atoms. The minimum absolute atomic E-state index is 0.677. The lowest BCUT2D eigenvalue weighted by Crippen LogP contribution is -2.00. The highest BCUT2D eigenvalue weighted by Gasteiger charge is 2.16. The number of benzene rings is 1. The van der Waals surface area contributed by atoms with E-state index in [2.05, 4.69) is 6.07 Å². The van der Waals surface area contributed by atoms with E-state index in [1.807, 2.05) is 24.8 Å². The van der Waals surface area contributed by atoms with Gasteiger partial charge >= 0.3 is 0 Å². The molecule has 1 aliphatic heterocycles. The Morgan fingerprint density at radius 2 is 2.38 bits per heavy atom. The standard InChI is InChI=1S/C10H13NOS/c1-2-12-8-3-4-9-7(10(8)11)5-6-13-9/h3-4H,2,5-6,11H2,1H3. The molecule has 3 heteroatoms. The van der Waals surface area contributed by atoms with Gasteiger partial charge in [0, 0.05) is 10.6 Å². The first-order valence-corrected chi connectivity index (χ1v) is 5.48. The maximum atomic E-state index is 5.98. The second kappa shape index (κ2) is 3.50. The SMILES string of the molecule is CCOc1ccc2c(c1N)CCS2. The first kappa shape index (κ1) is 8.75.